The van der Waals surface area contributed by atoms with Crippen LogP contribution in [-0.4, -0.2) is 18.1 Å². The van der Waals surface area contributed by atoms with Crippen LogP contribution in [0.25, 0.3) is 0 Å². The smallest absolute Gasteiger partial charge is 0.133 e. The summed E-state index contributed by atoms with van der Waals surface area (Å²) in [6.45, 7) is 7.52. The van der Waals surface area contributed by atoms with Crippen molar-refractivity contribution >= 4 is 11.8 Å². The number of hydrogen-bond donors (Lipinski definition) is 1. The van der Waals surface area contributed by atoms with Crippen LogP contribution in [0.15, 0.2) is 30.3 Å². The van der Waals surface area contributed by atoms with Crippen LogP contribution in [0.5, 0.6) is 0 Å². The third-order valence-corrected chi connectivity index (χ3v) is 4.61. The van der Waals surface area contributed by atoms with Gasteiger partial charge in [0, 0.05) is 0 Å². The lowest BCUT2D eigenvalue weighted by Crippen LogP contribution is -2.42. The summed E-state index contributed by atoms with van der Waals surface area (Å²) in [7, 11) is 0. The molecule has 0 amide bonds. The maximum atomic E-state index is 9.78. The molecule has 0 saturated heterocycles. The molecule has 1 aromatic rings. The molecular weight excluding hydrogens is 276 g/mol. The van der Waals surface area contributed by atoms with E-state index in [2.05, 4.69) is 44.3 Å². The van der Waals surface area contributed by atoms with E-state index in [9.17, 15) is 5.26 Å². The molecule has 116 valence electrons. The van der Waals surface area contributed by atoms with Gasteiger partial charge in [-0.3, -0.25) is 5.32 Å². The topological polar surface area (TPSA) is 35.8 Å². The van der Waals surface area contributed by atoms with Gasteiger partial charge in [0.15, 0.2) is 0 Å². The quantitative estimate of drug-likeness (QED) is 0.643. The fraction of sp³-hybridized carbons (Fsp3) is 0.611. The standard InChI is InChI=1S/C18H28N2S/c1-4-12-20-18(15-19,17-8-6-5-7-9-17)11-14-21-13-10-16(2)3/h5-9,16,20H,4,10-14H2,1-3H3. The minimum Gasteiger partial charge on any atom is -0.296 e. The van der Waals surface area contributed by atoms with Crippen molar-refractivity contribution in [3.8, 4) is 6.07 Å². The molecule has 3 heteroatoms. The van der Waals surface area contributed by atoms with Gasteiger partial charge in [-0.05, 0) is 48.8 Å². The largest absolute Gasteiger partial charge is 0.296 e. The molecule has 2 nitrogen and oxygen atoms in total. The second-order valence-corrected chi connectivity index (χ2v) is 7.08. The van der Waals surface area contributed by atoms with E-state index in [1.54, 1.807) is 0 Å². The summed E-state index contributed by atoms with van der Waals surface area (Å²) in [5, 5.41) is 13.3. The normalized spacial score (nSPS) is 13.9. The number of benzene rings is 1. The maximum Gasteiger partial charge on any atom is 0.133 e. The van der Waals surface area contributed by atoms with Gasteiger partial charge in [-0.2, -0.15) is 17.0 Å². The molecule has 0 radical (unpaired) electrons. The number of nitrogens with one attached hydrogen (secondary N) is 1. The summed E-state index contributed by atoms with van der Waals surface area (Å²) in [5.74, 6) is 2.96. The van der Waals surface area contributed by atoms with Crippen LogP contribution in [0.2, 0.25) is 0 Å². The van der Waals surface area contributed by atoms with E-state index < -0.39 is 5.54 Å². The van der Waals surface area contributed by atoms with Gasteiger partial charge in [0.1, 0.15) is 5.54 Å². The lowest BCUT2D eigenvalue weighted by atomic mass is 9.88. The zero-order valence-corrected chi connectivity index (χ0v) is 14.4. The third-order valence-electron chi connectivity index (χ3n) is 3.60. The van der Waals surface area contributed by atoms with Crippen molar-refractivity contribution in [3.63, 3.8) is 0 Å². The molecule has 0 fully saturated rings. The highest BCUT2D eigenvalue weighted by Crippen LogP contribution is 2.26. The van der Waals surface area contributed by atoms with E-state index in [0.717, 1.165) is 36.6 Å². The van der Waals surface area contributed by atoms with E-state index in [1.807, 2.05) is 30.0 Å². The molecular formula is C18H28N2S. The second-order valence-electron chi connectivity index (χ2n) is 5.85. The average Bonchev–Trinajstić information content (AvgIpc) is 2.51. The summed E-state index contributed by atoms with van der Waals surface area (Å²) in [5.41, 5.74) is 0.549. The number of nitriles is 1. The lowest BCUT2D eigenvalue weighted by molar-refractivity contribution is 0.416. The van der Waals surface area contributed by atoms with E-state index >= 15 is 0 Å². The fourth-order valence-electron chi connectivity index (χ4n) is 2.20. The Kier molecular flexibility index (Phi) is 8.49. The Morgan fingerprint density at radius 1 is 1.24 bits per heavy atom. The average molecular weight is 305 g/mol. The summed E-state index contributed by atoms with van der Waals surface area (Å²) in [6, 6.07) is 12.7. The van der Waals surface area contributed by atoms with Gasteiger partial charge in [0.2, 0.25) is 0 Å². The molecule has 1 atom stereocenters. The molecule has 0 aromatic heterocycles. The van der Waals surface area contributed by atoms with Crippen LogP contribution < -0.4 is 5.32 Å². The number of hydrogen-bond acceptors (Lipinski definition) is 3. The first-order valence-electron chi connectivity index (χ1n) is 7.94. The van der Waals surface area contributed by atoms with Gasteiger partial charge in [-0.25, -0.2) is 0 Å². The van der Waals surface area contributed by atoms with Crippen LogP contribution in [0.1, 0.15) is 45.6 Å². The zero-order valence-electron chi connectivity index (χ0n) is 13.6. The van der Waals surface area contributed by atoms with E-state index in [-0.39, 0.29) is 0 Å². The molecule has 0 aliphatic rings. The van der Waals surface area contributed by atoms with Gasteiger partial charge in [0.05, 0.1) is 6.07 Å². The van der Waals surface area contributed by atoms with Crippen molar-refractivity contribution in [2.45, 2.75) is 45.6 Å². The fourth-order valence-corrected chi connectivity index (χ4v) is 3.49. The molecule has 1 N–H and O–H groups in total. The maximum absolute atomic E-state index is 9.78. The van der Waals surface area contributed by atoms with E-state index in [4.69, 9.17) is 0 Å². The second kappa shape index (κ2) is 9.87. The van der Waals surface area contributed by atoms with Crippen molar-refractivity contribution in [2.24, 2.45) is 5.92 Å². The summed E-state index contributed by atoms with van der Waals surface area (Å²) in [4.78, 5) is 0. The first-order valence-corrected chi connectivity index (χ1v) is 9.09. The van der Waals surface area contributed by atoms with Crippen LogP contribution >= 0.6 is 11.8 Å². The number of thioether (sulfide) groups is 1. The van der Waals surface area contributed by atoms with Crippen molar-refractivity contribution in [1.29, 1.82) is 5.26 Å². The van der Waals surface area contributed by atoms with Crippen LogP contribution in [0.3, 0.4) is 0 Å². The van der Waals surface area contributed by atoms with Crippen molar-refractivity contribution in [3.05, 3.63) is 35.9 Å². The Balaban J connectivity index is 2.66. The first kappa shape index (κ1) is 18.1. The summed E-state index contributed by atoms with van der Waals surface area (Å²) >= 11 is 1.96. The van der Waals surface area contributed by atoms with Gasteiger partial charge in [0.25, 0.3) is 0 Å². The Hall–Kier alpha value is -0.980. The molecule has 1 aromatic carbocycles. The number of nitrogens with zero attached hydrogens (tertiary/aromatic N) is 1. The highest BCUT2D eigenvalue weighted by atomic mass is 32.2. The molecule has 21 heavy (non-hydrogen) atoms. The van der Waals surface area contributed by atoms with Crippen LogP contribution in [-0.2, 0) is 5.54 Å². The Morgan fingerprint density at radius 3 is 2.52 bits per heavy atom. The van der Waals surface area contributed by atoms with Gasteiger partial charge in [-0.1, -0.05) is 51.1 Å². The molecule has 0 bridgehead atoms. The minimum absolute atomic E-state index is 0.540. The predicted octanol–water partition coefficient (Wildman–Crippen LogP) is 4.57. The van der Waals surface area contributed by atoms with Crippen molar-refractivity contribution in [2.75, 3.05) is 18.1 Å². The SMILES string of the molecule is CCCNC(C#N)(CCSCCC(C)C)c1ccccc1. The highest BCUT2D eigenvalue weighted by molar-refractivity contribution is 7.99. The molecule has 0 aliphatic heterocycles. The van der Waals surface area contributed by atoms with E-state index in [0.29, 0.717) is 0 Å². The van der Waals surface area contributed by atoms with Crippen molar-refractivity contribution < 1.29 is 0 Å². The molecule has 1 rings (SSSR count). The monoisotopic (exact) mass is 304 g/mol. The molecule has 1 unspecified atom stereocenters. The Labute approximate surface area is 134 Å². The summed E-state index contributed by atoms with van der Waals surface area (Å²) < 4.78 is 0. The van der Waals surface area contributed by atoms with Gasteiger partial charge >= 0.3 is 0 Å². The predicted molar refractivity (Wildman–Crippen MR) is 93.4 cm³/mol. The Bertz CT molecular complexity index is 425. The molecule has 0 spiro atoms. The Morgan fingerprint density at radius 2 is 1.95 bits per heavy atom. The first-order chi connectivity index (χ1) is 10.1. The molecule has 0 aliphatic carbocycles. The highest BCUT2D eigenvalue weighted by Gasteiger charge is 2.30. The zero-order chi connectivity index (χ0) is 15.6. The molecule has 0 saturated carbocycles. The van der Waals surface area contributed by atoms with Gasteiger partial charge < -0.3 is 0 Å². The molecule has 0 heterocycles. The van der Waals surface area contributed by atoms with Crippen LogP contribution in [0, 0.1) is 17.2 Å². The van der Waals surface area contributed by atoms with E-state index in [1.165, 1.54) is 12.2 Å². The number of rotatable bonds is 10. The van der Waals surface area contributed by atoms with Crippen LogP contribution in [0.4, 0.5) is 0 Å². The summed E-state index contributed by atoms with van der Waals surface area (Å²) in [6.07, 6.45) is 3.14. The van der Waals surface area contributed by atoms with Crippen molar-refractivity contribution in [1.82, 2.24) is 5.32 Å². The minimum atomic E-state index is -0.540. The lowest BCUT2D eigenvalue weighted by Gasteiger charge is -2.28. The third kappa shape index (κ3) is 6.11. The van der Waals surface area contributed by atoms with Gasteiger partial charge in [-0.15, -0.1) is 0 Å².